The van der Waals surface area contributed by atoms with E-state index in [0.29, 0.717) is 23.8 Å². The van der Waals surface area contributed by atoms with Gasteiger partial charge in [0.15, 0.2) is 0 Å². The standard InChI is InChI=1S/C9H18BrNO2S/c1-7(2)14(12,13)11-5-4-9(10)8(3)6-11/h7-9H,4-6H2,1-3H3. The molecule has 1 aliphatic rings. The predicted octanol–water partition coefficient (Wildman–Crippen LogP) is 1.83. The minimum absolute atomic E-state index is 0.304. The third kappa shape index (κ3) is 2.49. The first kappa shape index (κ1) is 12.5. The Morgan fingerprint density at radius 3 is 2.43 bits per heavy atom. The van der Waals surface area contributed by atoms with E-state index in [9.17, 15) is 8.42 Å². The average Bonchev–Trinajstić information content (AvgIpc) is 2.09. The number of alkyl halides is 1. The summed E-state index contributed by atoms with van der Waals surface area (Å²) in [6.07, 6.45) is 0.910. The summed E-state index contributed by atoms with van der Waals surface area (Å²) in [4.78, 5) is 0.459. The van der Waals surface area contributed by atoms with E-state index in [4.69, 9.17) is 0 Å². The number of hydrogen-bond acceptors (Lipinski definition) is 2. The Kier molecular flexibility index (Phi) is 4.00. The Balaban J connectivity index is 2.73. The molecule has 1 aliphatic heterocycles. The molecular weight excluding hydrogens is 266 g/mol. The Morgan fingerprint density at radius 2 is 2.00 bits per heavy atom. The quantitative estimate of drug-likeness (QED) is 0.725. The van der Waals surface area contributed by atoms with Gasteiger partial charge in [0.1, 0.15) is 0 Å². The molecule has 0 aromatic heterocycles. The Morgan fingerprint density at radius 1 is 1.43 bits per heavy atom. The van der Waals surface area contributed by atoms with Crippen molar-refractivity contribution >= 4 is 26.0 Å². The molecule has 0 spiro atoms. The van der Waals surface area contributed by atoms with Gasteiger partial charge < -0.3 is 0 Å². The van der Waals surface area contributed by atoms with E-state index in [1.165, 1.54) is 0 Å². The first-order chi connectivity index (χ1) is 6.35. The summed E-state index contributed by atoms with van der Waals surface area (Å²) in [6, 6.07) is 0. The number of hydrogen-bond donors (Lipinski definition) is 0. The first-order valence-corrected chi connectivity index (χ1v) is 7.40. The van der Waals surface area contributed by atoms with E-state index in [1.54, 1.807) is 18.2 Å². The molecule has 0 aromatic carbocycles. The molecule has 3 nitrogen and oxygen atoms in total. The average molecular weight is 284 g/mol. The molecule has 5 heteroatoms. The predicted molar refractivity (Wildman–Crippen MR) is 62.1 cm³/mol. The van der Waals surface area contributed by atoms with Crippen molar-refractivity contribution in [3.63, 3.8) is 0 Å². The zero-order valence-corrected chi connectivity index (χ0v) is 11.3. The van der Waals surface area contributed by atoms with Crippen LogP contribution in [0.2, 0.25) is 0 Å². The van der Waals surface area contributed by atoms with E-state index in [2.05, 4.69) is 22.9 Å². The molecule has 0 amide bonds. The number of halogens is 1. The van der Waals surface area contributed by atoms with Gasteiger partial charge in [0.25, 0.3) is 0 Å². The van der Waals surface area contributed by atoms with Crippen molar-refractivity contribution in [1.29, 1.82) is 0 Å². The lowest BCUT2D eigenvalue weighted by molar-refractivity contribution is 0.290. The van der Waals surface area contributed by atoms with Gasteiger partial charge in [0, 0.05) is 17.9 Å². The molecule has 0 N–H and O–H groups in total. The molecule has 14 heavy (non-hydrogen) atoms. The van der Waals surface area contributed by atoms with Crippen LogP contribution in [0.15, 0.2) is 0 Å². The van der Waals surface area contributed by atoms with Crippen molar-refractivity contribution in [2.24, 2.45) is 5.92 Å². The van der Waals surface area contributed by atoms with Crippen molar-refractivity contribution in [2.45, 2.75) is 37.3 Å². The van der Waals surface area contributed by atoms with E-state index >= 15 is 0 Å². The maximum Gasteiger partial charge on any atom is 0.216 e. The summed E-state index contributed by atoms with van der Waals surface area (Å²) in [6.45, 7) is 6.86. The van der Waals surface area contributed by atoms with Crippen molar-refractivity contribution in [1.82, 2.24) is 4.31 Å². The van der Waals surface area contributed by atoms with Gasteiger partial charge in [-0.25, -0.2) is 12.7 Å². The second kappa shape index (κ2) is 4.49. The molecule has 0 radical (unpaired) electrons. The van der Waals surface area contributed by atoms with Gasteiger partial charge >= 0.3 is 0 Å². The van der Waals surface area contributed by atoms with E-state index < -0.39 is 10.0 Å². The molecule has 1 heterocycles. The van der Waals surface area contributed by atoms with Crippen LogP contribution in [0, 0.1) is 5.92 Å². The van der Waals surface area contributed by atoms with Gasteiger partial charge in [-0.1, -0.05) is 22.9 Å². The van der Waals surface area contributed by atoms with Crippen LogP contribution >= 0.6 is 15.9 Å². The first-order valence-electron chi connectivity index (χ1n) is 4.98. The molecule has 1 rings (SSSR count). The van der Waals surface area contributed by atoms with Crippen molar-refractivity contribution in [3.05, 3.63) is 0 Å². The lowest BCUT2D eigenvalue weighted by atomic mass is 10.0. The fourth-order valence-corrected chi connectivity index (χ4v) is 3.38. The lowest BCUT2D eigenvalue weighted by Gasteiger charge is -2.34. The topological polar surface area (TPSA) is 37.4 Å². The van der Waals surface area contributed by atoms with Crippen LogP contribution in [0.1, 0.15) is 27.2 Å². The minimum atomic E-state index is -3.04. The summed E-state index contributed by atoms with van der Waals surface area (Å²) in [5.74, 6) is 0.400. The van der Waals surface area contributed by atoms with Gasteiger partial charge in [-0.2, -0.15) is 0 Å². The maximum atomic E-state index is 11.8. The van der Waals surface area contributed by atoms with Gasteiger partial charge in [-0.3, -0.25) is 0 Å². The van der Waals surface area contributed by atoms with Crippen LogP contribution in [0.5, 0.6) is 0 Å². The van der Waals surface area contributed by atoms with Gasteiger partial charge in [-0.05, 0) is 26.2 Å². The normalized spacial score (nSPS) is 30.9. The highest BCUT2D eigenvalue weighted by Gasteiger charge is 2.32. The summed E-state index contributed by atoms with van der Waals surface area (Å²) in [5.41, 5.74) is 0. The molecule has 2 unspecified atom stereocenters. The molecule has 0 aliphatic carbocycles. The molecule has 84 valence electrons. The van der Waals surface area contributed by atoms with Crippen LogP contribution in [0.25, 0.3) is 0 Å². The summed E-state index contributed by atoms with van der Waals surface area (Å²) in [5, 5.41) is -0.304. The van der Waals surface area contributed by atoms with Gasteiger partial charge in [0.2, 0.25) is 10.0 Å². The Labute approximate surface area is 95.0 Å². The summed E-state index contributed by atoms with van der Waals surface area (Å²) >= 11 is 3.56. The van der Waals surface area contributed by atoms with Crippen molar-refractivity contribution in [3.8, 4) is 0 Å². The molecule has 2 atom stereocenters. The fraction of sp³-hybridized carbons (Fsp3) is 1.00. The lowest BCUT2D eigenvalue weighted by Crippen LogP contribution is -2.45. The highest BCUT2D eigenvalue weighted by molar-refractivity contribution is 9.09. The van der Waals surface area contributed by atoms with Crippen LogP contribution in [-0.4, -0.2) is 35.9 Å². The third-order valence-corrected chi connectivity index (χ3v) is 6.32. The third-order valence-electron chi connectivity index (χ3n) is 2.72. The second-order valence-corrected chi connectivity index (χ2v) is 7.90. The SMILES string of the molecule is CC1CN(S(=O)(=O)C(C)C)CCC1Br. The number of rotatable bonds is 2. The van der Waals surface area contributed by atoms with Crippen LogP contribution in [-0.2, 0) is 10.0 Å². The molecule has 1 fully saturated rings. The molecule has 1 saturated heterocycles. The monoisotopic (exact) mass is 283 g/mol. The van der Waals surface area contributed by atoms with Crippen molar-refractivity contribution < 1.29 is 8.42 Å². The Bertz CT molecular complexity index is 289. The smallest absolute Gasteiger partial charge is 0.212 e. The zero-order valence-electron chi connectivity index (χ0n) is 8.90. The number of piperidine rings is 1. The van der Waals surface area contributed by atoms with Gasteiger partial charge in [0.05, 0.1) is 5.25 Å². The van der Waals surface area contributed by atoms with Crippen LogP contribution in [0.3, 0.4) is 0 Å². The summed E-state index contributed by atoms with van der Waals surface area (Å²) in [7, 11) is -3.04. The minimum Gasteiger partial charge on any atom is -0.212 e. The molecule has 0 saturated carbocycles. The van der Waals surface area contributed by atoms with E-state index in [0.717, 1.165) is 6.42 Å². The van der Waals surface area contributed by atoms with Crippen LogP contribution < -0.4 is 0 Å². The highest BCUT2D eigenvalue weighted by atomic mass is 79.9. The molecule has 0 bridgehead atoms. The van der Waals surface area contributed by atoms with Crippen molar-refractivity contribution in [2.75, 3.05) is 13.1 Å². The Hall–Kier alpha value is 0.390. The summed E-state index contributed by atoms with van der Waals surface area (Å²) < 4.78 is 25.3. The number of nitrogens with zero attached hydrogens (tertiary/aromatic N) is 1. The van der Waals surface area contributed by atoms with Gasteiger partial charge in [-0.15, -0.1) is 0 Å². The maximum absolute atomic E-state index is 11.8. The fourth-order valence-electron chi connectivity index (χ4n) is 1.61. The van der Waals surface area contributed by atoms with E-state index in [1.807, 2.05) is 0 Å². The number of sulfonamides is 1. The zero-order chi connectivity index (χ0) is 10.9. The molecular formula is C9H18BrNO2S. The largest absolute Gasteiger partial charge is 0.216 e. The second-order valence-electron chi connectivity index (χ2n) is 4.23. The molecule has 0 aromatic rings. The van der Waals surface area contributed by atoms with Crippen LogP contribution in [0.4, 0.5) is 0 Å². The highest BCUT2D eigenvalue weighted by Crippen LogP contribution is 2.26. The van der Waals surface area contributed by atoms with E-state index in [-0.39, 0.29) is 5.25 Å².